The third-order valence-corrected chi connectivity index (χ3v) is 4.23. The van der Waals surface area contributed by atoms with Gasteiger partial charge in [0.05, 0.1) is 19.8 Å². The summed E-state index contributed by atoms with van der Waals surface area (Å²) >= 11 is 5.96. The number of methoxy groups -OCH3 is 1. The lowest BCUT2D eigenvalue weighted by Crippen LogP contribution is -3.11. The summed E-state index contributed by atoms with van der Waals surface area (Å²) in [5.41, 5.74) is 1.42. The number of rotatable bonds is 8. The number of benzene rings is 2. The quantitative estimate of drug-likeness (QED) is 0.508. The van der Waals surface area contributed by atoms with E-state index in [0.29, 0.717) is 32.6 Å². The Hall–Kier alpha value is -3.10. The fourth-order valence-electron chi connectivity index (χ4n) is 2.67. The first-order valence-electron chi connectivity index (χ1n) is 8.89. The zero-order valence-electron chi connectivity index (χ0n) is 16.5. The highest BCUT2D eigenvalue weighted by molar-refractivity contribution is 6.31. The van der Waals surface area contributed by atoms with Crippen LogP contribution in [0.2, 0.25) is 5.02 Å². The lowest BCUT2D eigenvalue weighted by Gasteiger charge is -2.15. The molecule has 2 aromatic carbocycles. The topological polar surface area (TPSA) is 101 Å². The van der Waals surface area contributed by atoms with Gasteiger partial charge in [-0.05, 0) is 36.4 Å². The van der Waals surface area contributed by atoms with Crippen molar-refractivity contribution in [1.29, 1.82) is 0 Å². The van der Waals surface area contributed by atoms with Crippen molar-refractivity contribution in [2.24, 2.45) is 0 Å². The monoisotopic (exact) mass is 419 g/mol. The Kier molecular flexibility index (Phi) is 7.99. The van der Waals surface area contributed by atoms with Crippen LogP contribution >= 0.6 is 11.6 Å². The molecule has 0 heterocycles. The maximum Gasteiger partial charge on any atom is 0.279 e. The van der Waals surface area contributed by atoms with E-state index >= 15 is 0 Å². The molecule has 0 aliphatic rings. The minimum atomic E-state index is -0.280. The van der Waals surface area contributed by atoms with Crippen LogP contribution in [-0.2, 0) is 9.59 Å². The van der Waals surface area contributed by atoms with E-state index in [1.165, 1.54) is 14.2 Å². The summed E-state index contributed by atoms with van der Waals surface area (Å²) in [6.45, 7) is 0.145. The molecule has 0 saturated carbocycles. The molecule has 29 heavy (non-hydrogen) atoms. The molecule has 2 rings (SSSR count). The Labute approximate surface area is 174 Å². The second kappa shape index (κ2) is 10.4. The van der Waals surface area contributed by atoms with Gasteiger partial charge in [-0.15, -0.1) is 0 Å². The fraction of sp³-hybridized carbons (Fsp3) is 0.250. The molecule has 9 heteroatoms. The number of amides is 3. The van der Waals surface area contributed by atoms with Gasteiger partial charge in [0.15, 0.2) is 13.1 Å². The van der Waals surface area contributed by atoms with E-state index in [9.17, 15) is 14.4 Å². The molecule has 1 atom stereocenters. The highest BCUT2D eigenvalue weighted by Crippen LogP contribution is 2.27. The van der Waals surface area contributed by atoms with Crippen LogP contribution in [0, 0.1) is 0 Å². The Morgan fingerprint density at radius 2 is 1.72 bits per heavy atom. The second-order valence-electron chi connectivity index (χ2n) is 6.41. The first-order valence-corrected chi connectivity index (χ1v) is 9.27. The van der Waals surface area contributed by atoms with Crippen LogP contribution < -0.4 is 25.6 Å². The van der Waals surface area contributed by atoms with Crippen LogP contribution in [0.1, 0.15) is 10.4 Å². The summed E-state index contributed by atoms with van der Waals surface area (Å²) in [5.74, 6) is -0.298. The molecule has 8 nitrogen and oxygen atoms in total. The highest BCUT2D eigenvalue weighted by atomic mass is 35.5. The molecule has 0 aliphatic heterocycles. The molecule has 0 spiro atoms. The predicted octanol–water partition coefficient (Wildman–Crippen LogP) is 0.800. The summed E-state index contributed by atoms with van der Waals surface area (Å²) in [4.78, 5) is 36.9. The fourth-order valence-corrected chi connectivity index (χ4v) is 2.84. The third kappa shape index (κ3) is 6.78. The average Bonchev–Trinajstić information content (AvgIpc) is 2.67. The molecule has 2 aromatic rings. The van der Waals surface area contributed by atoms with E-state index in [2.05, 4.69) is 16.0 Å². The van der Waals surface area contributed by atoms with Gasteiger partial charge in [0, 0.05) is 23.3 Å². The maximum absolute atomic E-state index is 12.3. The number of hydrogen-bond acceptors (Lipinski definition) is 4. The number of ether oxygens (including phenoxy) is 1. The lowest BCUT2D eigenvalue weighted by atomic mass is 10.2. The first-order chi connectivity index (χ1) is 13.8. The van der Waals surface area contributed by atoms with Crippen molar-refractivity contribution in [3.63, 3.8) is 0 Å². The van der Waals surface area contributed by atoms with Gasteiger partial charge in [0.2, 0.25) is 0 Å². The van der Waals surface area contributed by atoms with E-state index in [0.717, 1.165) is 0 Å². The Bertz CT molecular complexity index is 904. The molecule has 3 amide bonds. The molecule has 1 unspecified atom stereocenters. The minimum Gasteiger partial charge on any atom is -0.495 e. The summed E-state index contributed by atoms with van der Waals surface area (Å²) in [6, 6.07) is 11.5. The van der Waals surface area contributed by atoms with E-state index in [4.69, 9.17) is 16.3 Å². The molecule has 4 N–H and O–H groups in total. The molecule has 0 aliphatic carbocycles. The SMILES string of the molecule is CNC(=O)c1cccc(NC(=O)C[NH+](C)CC(=O)Nc2cc(Cl)ccc2OC)c1. The normalized spacial score (nSPS) is 11.3. The molecule has 0 saturated heterocycles. The number of hydrogen-bond donors (Lipinski definition) is 4. The van der Waals surface area contributed by atoms with Gasteiger partial charge >= 0.3 is 0 Å². The zero-order chi connectivity index (χ0) is 21.4. The van der Waals surface area contributed by atoms with Crippen molar-refractivity contribution >= 4 is 40.7 Å². The van der Waals surface area contributed by atoms with E-state index in [1.807, 2.05) is 0 Å². The van der Waals surface area contributed by atoms with E-state index < -0.39 is 0 Å². The summed E-state index contributed by atoms with van der Waals surface area (Å²) in [6.07, 6.45) is 0. The van der Waals surface area contributed by atoms with Crippen LogP contribution in [0.4, 0.5) is 11.4 Å². The van der Waals surface area contributed by atoms with Crippen molar-refractivity contribution in [3.05, 3.63) is 53.1 Å². The highest BCUT2D eigenvalue weighted by Gasteiger charge is 2.16. The van der Waals surface area contributed by atoms with E-state index in [-0.39, 0.29) is 30.8 Å². The van der Waals surface area contributed by atoms with Gasteiger partial charge < -0.3 is 25.6 Å². The second-order valence-corrected chi connectivity index (χ2v) is 6.85. The van der Waals surface area contributed by atoms with Crippen molar-refractivity contribution in [3.8, 4) is 5.75 Å². The van der Waals surface area contributed by atoms with Crippen molar-refractivity contribution in [1.82, 2.24) is 5.32 Å². The van der Waals surface area contributed by atoms with Gasteiger partial charge in [0.1, 0.15) is 5.75 Å². The number of anilines is 2. The van der Waals surface area contributed by atoms with Gasteiger partial charge in [-0.3, -0.25) is 14.4 Å². The van der Waals surface area contributed by atoms with Crippen molar-refractivity contribution in [2.75, 3.05) is 44.9 Å². The summed E-state index contributed by atoms with van der Waals surface area (Å²) in [7, 11) is 4.77. The Morgan fingerprint density at radius 1 is 1.03 bits per heavy atom. The molecular weight excluding hydrogens is 396 g/mol. The summed E-state index contributed by atoms with van der Waals surface area (Å²) in [5, 5.41) is 8.47. The number of quaternary nitrogens is 1. The van der Waals surface area contributed by atoms with Crippen molar-refractivity contribution in [2.45, 2.75) is 0 Å². The average molecular weight is 420 g/mol. The van der Waals surface area contributed by atoms with Crippen LogP contribution in [0.3, 0.4) is 0 Å². The number of likely N-dealkylation sites (N-methyl/N-ethyl adjacent to an activating group) is 1. The third-order valence-electron chi connectivity index (χ3n) is 4.00. The van der Waals surface area contributed by atoms with Crippen LogP contribution in [0.25, 0.3) is 0 Å². The van der Waals surface area contributed by atoms with Gasteiger partial charge in [0.25, 0.3) is 17.7 Å². The molecule has 0 fully saturated rings. The summed E-state index contributed by atoms with van der Waals surface area (Å²) < 4.78 is 5.20. The van der Waals surface area contributed by atoms with Gasteiger partial charge in [-0.1, -0.05) is 17.7 Å². The lowest BCUT2D eigenvalue weighted by molar-refractivity contribution is -0.862. The standard InChI is InChI=1S/C20H23ClN4O4/c1-22-20(28)13-5-4-6-15(9-13)23-18(26)11-25(2)12-19(27)24-16-10-14(21)7-8-17(16)29-3/h4-10H,11-12H2,1-3H3,(H,22,28)(H,23,26)(H,24,27)/p+1. The first kappa shape index (κ1) is 22.2. The van der Waals surface area contributed by atoms with Crippen LogP contribution in [-0.4, -0.2) is 52.0 Å². The van der Waals surface area contributed by atoms with Crippen molar-refractivity contribution < 1.29 is 24.0 Å². The smallest absolute Gasteiger partial charge is 0.279 e. The predicted molar refractivity (Wildman–Crippen MR) is 112 cm³/mol. The van der Waals surface area contributed by atoms with Gasteiger partial charge in [-0.2, -0.15) is 0 Å². The molecular formula is C20H24ClN4O4+. The molecule has 0 aromatic heterocycles. The number of nitrogens with one attached hydrogen (secondary N) is 4. The van der Waals surface area contributed by atoms with Gasteiger partial charge in [-0.25, -0.2) is 0 Å². The minimum absolute atomic E-state index is 0.0708. The molecule has 0 bridgehead atoms. The van der Waals surface area contributed by atoms with Crippen LogP contribution in [0.5, 0.6) is 5.75 Å². The Balaban J connectivity index is 1.89. The number of carbonyl (C=O) groups excluding carboxylic acids is 3. The van der Waals surface area contributed by atoms with E-state index in [1.54, 1.807) is 49.5 Å². The number of halogens is 1. The Morgan fingerprint density at radius 3 is 2.38 bits per heavy atom. The number of carbonyl (C=O) groups is 3. The van der Waals surface area contributed by atoms with Crippen LogP contribution in [0.15, 0.2) is 42.5 Å². The maximum atomic E-state index is 12.3. The largest absolute Gasteiger partial charge is 0.495 e. The molecule has 154 valence electrons. The zero-order valence-corrected chi connectivity index (χ0v) is 17.2. The molecule has 0 radical (unpaired) electrons.